The standard InChI is InChI=1S/C25H24F3N7O/c1-15-11-16(4-7-19(15)24(36)33-17-5-6-17)21-14-31-23-20(30-10-8-25(26,27)28)12-22(34-35(21)23)32-18-3-2-9-29-13-18/h2-4,7,9,11-14,17,30H,5-6,8,10H2,1H3,(H,32,34)(H,33,36). The molecule has 11 heteroatoms. The van der Waals surface area contributed by atoms with Crippen molar-refractivity contribution in [1.82, 2.24) is 24.9 Å². The molecular weight excluding hydrogens is 471 g/mol. The van der Waals surface area contributed by atoms with E-state index in [2.05, 4.69) is 31.0 Å². The lowest BCUT2D eigenvalue weighted by Gasteiger charge is -2.13. The minimum absolute atomic E-state index is 0.100. The van der Waals surface area contributed by atoms with E-state index in [9.17, 15) is 18.0 Å². The highest BCUT2D eigenvalue weighted by molar-refractivity contribution is 5.96. The molecule has 0 radical (unpaired) electrons. The molecule has 0 atom stereocenters. The zero-order valence-corrected chi connectivity index (χ0v) is 19.4. The van der Waals surface area contributed by atoms with Crippen molar-refractivity contribution in [2.75, 3.05) is 17.2 Å². The molecule has 1 fully saturated rings. The summed E-state index contributed by atoms with van der Waals surface area (Å²) in [5.74, 6) is 0.304. The Morgan fingerprint density at radius 3 is 2.69 bits per heavy atom. The van der Waals surface area contributed by atoms with Gasteiger partial charge in [-0.3, -0.25) is 9.78 Å². The first kappa shape index (κ1) is 23.6. The molecule has 0 saturated heterocycles. The number of anilines is 3. The number of alkyl halides is 3. The van der Waals surface area contributed by atoms with Gasteiger partial charge in [0.1, 0.15) is 0 Å². The Kier molecular flexibility index (Phi) is 6.21. The fourth-order valence-corrected chi connectivity index (χ4v) is 3.85. The monoisotopic (exact) mass is 495 g/mol. The van der Waals surface area contributed by atoms with Crippen LogP contribution in [-0.2, 0) is 0 Å². The van der Waals surface area contributed by atoms with Crippen molar-refractivity contribution in [2.24, 2.45) is 0 Å². The Balaban J connectivity index is 1.50. The molecule has 0 bridgehead atoms. The van der Waals surface area contributed by atoms with E-state index < -0.39 is 12.6 Å². The number of hydrogen-bond donors (Lipinski definition) is 3. The highest BCUT2D eigenvalue weighted by Gasteiger charge is 2.27. The highest BCUT2D eigenvalue weighted by Crippen LogP contribution is 2.29. The van der Waals surface area contributed by atoms with Crippen LogP contribution in [0.4, 0.5) is 30.4 Å². The average Bonchev–Trinajstić information content (AvgIpc) is 3.54. The Hall–Kier alpha value is -4.15. The second-order valence-electron chi connectivity index (χ2n) is 8.76. The highest BCUT2D eigenvalue weighted by atomic mass is 19.4. The van der Waals surface area contributed by atoms with Crippen molar-refractivity contribution < 1.29 is 18.0 Å². The number of aromatic nitrogens is 4. The van der Waals surface area contributed by atoms with E-state index in [1.807, 2.05) is 19.1 Å². The van der Waals surface area contributed by atoms with Gasteiger partial charge in [0, 0.05) is 36.0 Å². The maximum atomic E-state index is 12.7. The fraction of sp³-hybridized carbons (Fsp3) is 0.280. The van der Waals surface area contributed by atoms with Gasteiger partial charge < -0.3 is 16.0 Å². The van der Waals surface area contributed by atoms with Gasteiger partial charge in [-0.2, -0.15) is 13.2 Å². The van der Waals surface area contributed by atoms with Gasteiger partial charge >= 0.3 is 6.18 Å². The number of fused-ring (bicyclic) bond motifs is 1. The lowest BCUT2D eigenvalue weighted by atomic mass is 10.0. The van der Waals surface area contributed by atoms with Crippen LogP contribution < -0.4 is 16.0 Å². The molecule has 4 aromatic rings. The van der Waals surface area contributed by atoms with Crippen molar-refractivity contribution in [3.8, 4) is 11.3 Å². The van der Waals surface area contributed by atoms with Crippen molar-refractivity contribution >= 4 is 28.7 Å². The number of aryl methyl sites for hydroxylation is 1. The molecule has 3 heterocycles. The Labute approximate surface area is 205 Å². The first-order valence-corrected chi connectivity index (χ1v) is 11.6. The summed E-state index contributed by atoms with van der Waals surface area (Å²) in [6.45, 7) is 1.56. The first-order chi connectivity index (χ1) is 17.3. The molecule has 1 aromatic carbocycles. The van der Waals surface area contributed by atoms with Gasteiger partial charge in [0.05, 0.1) is 35.9 Å². The summed E-state index contributed by atoms with van der Waals surface area (Å²) in [4.78, 5) is 21.0. The molecule has 0 spiro atoms. The number of nitrogens with zero attached hydrogens (tertiary/aromatic N) is 4. The third-order valence-electron chi connectivity index (χ3n) is 5.80. The van der Waals surface area contributed by atoms with Crippen molar-refractivity contribution in [3.05, 3.63) is 66.1 Å². The summed E-state index contributed by atoms with van der Waals surface area (Å²) in [6, 6.07) is 10.9. The Morgan fingerprint density at radius 1 is 1.17 bits per heavy atom. The normalized spacial score (nSPS) is 13.6. The van der Waals surface area contributed by atoms with Gasteiger partial charge in [-0.15, -0.1) is 5.10 Å². The molecule has 3 aromatic heterocycles. The summed E-state index contributed by atoms with van der Waals surface area (Å²) in [7, 11) is 0. The maximum Gasteiger partial charge on any atom is 0.390 e. The summed E-state index contributed by atoms with van der Waals surface area (Å²) < 4.78 is 39.8. The van der Waals surface area contributed by atoms with Crippen LogP contribution in [0.3, 0.4) is 0 Å². The molecular formula is C25H24F3N7O. The number of benzene rings is 1. The third kappa shape index (κ3) is 5.40. The maximum absolute atomic E-state index is 12.7. The van der Waals surface area contributed by atoms with Gasteiger partial charge in [0.25, 0.3) is 5.91 Å². The van der Waals surface area contributed by atoms with E-state index in [-0.39, 0.29) is 18.5 Å². The van der Waals surface area contributed by atoms with Gasteiger partial charge in [0.15, 0.2) is 11.5 Å². The predicted molar refractivity (Wildman–Crippen MR) is 130 cm³/mol. The second kappa shape index (κ2) is 9.48. The summed E-state index contributed by atoms with van der Waals surface area (Å²) in [6.07, 6.45) is 1.62. The molecule has 1 aliphatic carbocycles. The topological polar surface area (TPSA) is 96.2 Å². The molecule has 8 nitrogen and oxygen atoms in total. The predicted octanol–water partition coefficient (Wildman–Crippen LogP) is 5.10. The number of hydrogen-bond acceptors (Lipinski definition) is 6. The number of amides is 1. The van der Waals surface area contributed by atoms with Crippen LogP contribution in [0, 0.1) is 6.92 Å². The lowest BCUT2D eigenvalue weighted by molar-refractivity contribution is -0.131. The molecule has 186 valence electrons. The van der Waals surface area contributed by atoms with E-state index in [0.717, 1.165) is 24.0 Å². The molecule has 1 saturated carbocycles. The molecule has 0 unspecified atom stereocenters. The molecule has 36 heavy (non-hydrogen) atoms. The van der Waals surface area contributed by atoms with E-state index in [1.54, 1.807) is 47.4 Å². The number of nitrogens with one attached hydrogen (secondary N) is 3. The first-order valence-electron chi connectivity index (χ1n) is 11.6. The second-order valence-corrected chi connectivity index (χ2v) is 8.76. The minimum atomic E-state index is -4.28. The Morgan fingerprint density at radius 2 is 2.00 bits per heavy atom. The van der Waals surface area contributed by atoms with Crippen LogP contribution >= 0.6 is 0 Å². The number of carbonyl (C=O) groups is 1. The van der Waals surface area contributed by atoms with Crippen LogP contribution in [0.15, 0.2) is 55.0 Å². The Bertz CT molecular complexity index is 1400. The summed E-state index contributed by atoms with van der Waals surface area (Å²) >= 11 is 0. The summed E-state index contributed by atoms with van der Waals surface area (Å²) in [5, 5.41) is 13.6. The van der Waals surface area contributed by atoms with Crippen LogP contribution in [0.2, 0.25) is 0 Å². The minimum Gasteiger partial charge on any atom is -0.382 e. The van der Waals surface area contributed by atoms with E-state index in [1.165, 1.54) is 0 Å². The average molecular weight is 496 g/mol. The van der Waals surface area contributed by atoms with Gasteiger partial charge in [-0.05, 0) is 49.6 Å². The largest absolute Gasteiger partial charge is 0.390 e. The number of carbonyl (C=O) groups excluding carboxylic acids is 1. The number of rotatable bonds is 8. The van der Waals surface area contributed by atoms with Crippen LogP contribution in [0.1, 0.15) is 35.2 Å². The van der Waals surface area contributed by atoms with E-state index in [4.69, 9.17) is 0 Å². The zero-order chi connectivity index (χ0) is 25.3. The molecule has 0 aliphatic heterocycles. The molecule has 3 N–H and O–H groups in total. The SMILES string of the molecule is Cc1cc(-c2cnc3c(NCCC(F)(F)F)cc(Nc4cccnc4)nn23)ccc1C(=O)NC1CC1. The zero-order valence-electron chi connectivity index (χ0n) is 19.4. The number of imidazole rings is 1. The number of halogens is 3. The fourth-order valence-electron chi connectivity index (χ4n) is 3.85. The molecule has 1 aliphatic rings. The summed E-state index contributed by atoms with van der Waals surface area (Å²) in [5.41, 5.74) is 4.27. The van der Waals surface area contributed by atoms with Gasteiger partial charge in [0.2, 0.25) is 0 Å². The van der Waals surface area contributed by atoms with Crippen LogP contribution in [-0.4, -0.2) is 44.3 Å². The number of pyridine rings is 1. The van der Waals surface area contributed by atoms with Crippen molar-refractivity contribution in [2.45, 2.75) is 38.4 Å². The van der Waals surface area contributed by atoms with Crippen molar-refractivity contribution in [1.29, 1.82) is 0 Å². The quantitative estimate of drug-likeness (QED) is 0.315. The van der Waals surface area contributed by atoms with Crippen LogP contribution in [0.25, 0.3) is 16.9 Å². The molecule has 1 amide bonds. The smallest absolute Gasteiger partial charge is 0.382 e. The molecule has 5 rings (SSSR count). The van der Waals surface area contributed by atoms with Crippen molar-refractivity contribution in [3.63, 3.8) is 0 Å². The van der Waals surface area contributed by atoms with Gasteiger partial charge in [-0.1, -0.05) is 6.07 Å². The lowest BCUT2D eigenvalue weighted by Crippen LogP contribution is -2.26. The van der Waals surface area contributed by atoms with Crippen LogP contribution in [0.5, 0.6) is 0 Å². The van der Waals surface area contributed by atoms with E-state index >= 15 is 0 Å². The van der Waals surface area contributed by atoms with E-state index in [0.29, 0.717) is 34.1 Å². The third-order valence-corrected chi connectivity index (χ3v) is 5.80. The van der Waals surface area contributed by atoms with Gasteiger partial charge in [-0.25, -0.2) is 9.50 Å².